The van der Waals surface area contributed by atoms with Gasteiger partial charge in [-0.25, -0.2) is 9.29 Å². The molecule has 0 radical (unpaired) electrons. The third-order valence-corrected chi connectivity index (χ3v) is 5.21. The first-order valence-electron chi connectivity index (χ1n) is 8.28. The zero-order valence-corrected chi connectivity index (χ0v) is 16.4. The zero-order chi connectivity index (χ0) is 20.3. The molecule has 3 rings (SSSR count). The molecule has 1 aliphatic rings. The number of imide groups is 1. The van der Waals surface area contributed by atoms with Gasteiger partial charge < -0.3 is 5.73 Å². The van der Waals surface area contributed by atoms with E-state index in [2.05, 4.69) is 10.2 Å². The third-order valence-electron chi connectivity index (χ3n) is 4.00. The summed E-state index contributed by atoms with van der Waals surface area (Å²) in [6.45, 7) is 1.71. The van der Waals surface area contributed by atoms with Crippen LogP contribution in [-0.2, 0) is 9.59 Å². The number of hydrogen-bond acceptors (Lipinski definition) is 5. The second-order valence-corrected chi connectivity index (χ2v) is 7.65. The van der Waals surface area contributed by atoms with Crippen molar-refractivity contribution in [2.45, 2.75) is 18.6 Å². The Morgan fingerprint density at radius 2 is 1.93 bits per heavy atom. The van der Waals surface area contributed by atoms with E-state index in [0.29, 0.717) is 22.0 Å². The summed E-state index contributed by atoms with van der Waals surface area (Å²) in [4.78, 5) is 26.0. The Bertz CT molecular complexity index is 978. The normalized spacial score (nSPS) is 18.1. The molecule has 0 bridgehead atoms. The number of carbonyl (C=O) groups excluding carboxylic acids is 2. The van der Waals surface area contributed by atoms with Crippen molar-refractivity contribution in [1.82, 2.24) is 0 Å². The monoisotopic (exact) mass is 418 g/mol. The quantitative estimate of drug-likeness (QED) is 0.355. The summed E-state index contributed by atoms with van der Waals surface area (Å²) in [5, 5.41) is 7.72. The molecule has 0 aromatic heterocycles. The van der Waals surface area contributed by atoms with Gasteiger partial charge in [0.25, 0.3) is 0 Å². The highest BCUT2D eigenvalue weighted by Crippen LogP contribution is 2.30. The number of nitrogens with zero attached hydrogens (tertiary/aromatic N) is 3. The van der Waals surface area contributed by atoms with Crippen LogP contribution in [0.25, 0.3) is 0 Å². The number of nitrogens with two attached hydrogens (primary N) is 1. The van der Waals surface area contributed by atoms with E-state index in [-0.39, 0.29) is 29.2 Å². The predicted octanol–water partition coefficient (Wildman–Crippen LogP) is 3.58. The molecule has 1 saturated heterocycles. The number of amidine groups is 1. The molecule has 1 atom stereocenters. The summed E-state index contributed by atoms with van der Waals surface area (Å²) < 4.78 is 13.0. The Hall–Kier alpha value is -2.71. The van der Waals surface area contributed by atoms with Gasteiger partial charge in [-0.3, -0.25) is 9.59 Å². The molecule has 144 valence electrons. The van der Waals surface area contributed by atoms with Gasteiger partial charge in [0.05, 0.1) is 11.4 Å². The molecule has 1 fully saturated rings. The first-order chi connectivity index (χ1) is 13.3. The van der Waals surface area contributed by atoms with E-state index in [4.69, 9.17) is 17.3 Å². The fourth-order valence-electron chi connectivity index (χ4n) is 2.63. The van der Waals surface area contributed by atoms with E-state index in [0.717, 1.165) is 16.7 Å². The number of halogens is 2. The van der Waals surface area contributed by atoms with Crippen LogP contribution in [0.2, 0.25) is 5.02 Å². The summed E-state index contributed by atoms with van der Waals surface area (Å²) in [5.41, 5.74) is 7.52. The van der Waals surface area contributed by atoms with Crippen molar-refractivity contribution in [2.24, 2.45) is 15.9 Å². The number of thioether (sulfide) groups is 1. The van der Waals surface area contributed by atoms with Crippen molar-refractivity contribution in [2.75, 3.05) is 4.90 Å². The minimum absolute atomic E-state index is 0.00684. The van der Waals surface area contributed by atoms with E-state index in [9.17, 15) is 14.0 Å². The molecule has 1 heterocycles. The Kier molecular flexibility index (Phi) is 6.11. The first-order valence-corrected chi connectivity index (χ1v) is 9.53. The first kappa shape index (κ1) is 20.0. The molecule has 2 amide bonds. The molecule has 0 spiro atoms. The molecule has 6 nitrogen and oxygen atoms in total. The summed E-state index contributed by atoms with van der Waals surface area (Å²) in [7, 11) is 0. The lowest BCUT2D eigenvalue weighted by atomic mass is 10.1. The molecule has 9 heteroatoms. The maximum absolute atomic E-state index is 13.0. The Morgan fingerprint density at radius 1 is 1.21 bits per heavy atom. The largest absolute Gasteiger partial charge is 0.377 e. The Labute approximate surface area is 170 Å². The van der Waals surface area contributed by atoms with Gasteiger partial charge in [0.1, 0.15) is 11.1 Å². The van der Waals surface area contributed by atoms with E-state index in [1.807, 2.05) is 0 Å². The maximum atomic E-state index is 13.0. The molecule has 1 unspecified atom stereocenters. The van der Waals surface area contributed by atoms with Crippen molar-refractivity contribution in [3.8, 4) is 0 Å². The zero-order valence-electron chi connectivity index (χ0n) is 14.8. The standard InChI is InChI=1S/C19H16ClFN4O2S/c1-11(12-5-7-14(21)8-6-12)23-24-19(22)28-16-10-17(26)25(18(16)27)15-4-2-3-13(20)9-15/h2-9,16H,10H2,1H3,(H2,22,24)/b23-11+. The topological polar surface area (TPSA) is 88.1 Å². The van der Waals surface area contributed by atoms with E-state index >= 15 is 0 Å². The van der Waals surface area contributed by atoms with Crippen molar-refractivity contribution in [3.05, 3.63) is 64.9 Å². The highest BCUT2D eigenvalue weighted by Gasteiger charge is 2.40. The van der Waals surface area contributed by atoms with Crippen LogP contribution in [0.4, 0.5) is 10.1 Å². The minimum atomic E-state index is -0.684. The number of carbonyl (C=O) groups is 2. The van der Waals surface area contributed by atoms with Crippen LogP contribution >= 0.6 is 23.4 Å². The van der Waals surface area contributed by atoms with E-state index in [1.54, 1.807) is 43.3 Å². The molecule has 28 heavy (non-hydrogen) atoms. The Morgan fingerprint density at radius 3 is 2.61 bits per heavy atom. The molecule has 0 saturated carbocycles. The van der Waals surface area contributed by atoms with Gasteiger partial charge in [0.15, 0.2) is 5.17 Å². The fourth-order valence-corrected chi connectivity index (χ4v) is 3.62. The van der Waals surface area contributed by atoms with Gasteiger partial charge in [0.2, 0.25) is 11.8 Å². The van der Waals surface area contributed by atoms with Crippen molar-refractivity contribution >= 4 is 51.7 Å². The van der Waals surface area contributed by atoms with Gasteiger partial charge in [-0.15, -0.1) is 5.10 Å². The van der Waals surface area contributed by atoms with Gasteiger partial charge >= 0.3 is 0 Å². The smallest absolute Gasteiger partial charge is 0.247 e. The van der Waals surface area contributed by atoms with Crippen LogP contribution in [0.3, 0.4) is 0 Å². The minimum Gasteiger partial charge on any atom is -0.377 e. The molecular formula is C19H16ClFN4O2S. The summed E-state index contributed by atoms with van der Waals surface area (Å²) >= 11 is 6.92. The van der Waals surface area contributed by atoms with Crippen LogP contribution in [0.5, 0.6) is 0 Å². The lowest BCUT2D eigenvalue weighted by molar-refractivity contribution is -0.121. The van der Waals surface area contributed by atoms with E-state index < -0.39 is 5.25 Å². The second-order valence-electron chi connectivity index (χ2n) is 5.99. The number of rotatable bonds is 4. The summed E-state index contributed by atoms with van der Waals surface area (Å²) in [5.74, 6) is -1.05. The van der Waals surface area contributed by atoms with Crippen LogP contribution in [-0.4, -0.2) is 27.9 Å². The highest BCUT2D eigenvalue weighted by atomic mass is 35.5. The van der Waals surface area contributed by atoms with E-state index in [1.165, 1.54) is 12.1 Å². The number of anilines is 1. The molecule has 0 aliphatic carbocycles. The van der Waals surface area contributed by atoms with Gasteiger partial charge in [-0.2, -0.15) is 5.10 Å². The second kappa shape index (κ2) is 8.53. The summed E-state index contributed by atoms with van der Waals surface area (Å²) in [6, 6.07) is 12.3. The Balaban J connectivity index is 1.70. The lowest BCUT2D eigenvalue weighted by Gasteiger charge is -2.14. The highest BCUT2D eigenvalue weighted by molar-refractivity contribution is 8.14. The lowest BCUT2D eigenvalue weighted by Crippen LogP contribution is -2.31. The van der Waals surface area contributed by atoms with Crippen molar-refractivity contribution < 1.29 is 14.0 Å². The van der Waals surface area contributed by atoms with Crippen LogP contribution < -0.4 is 10.6 Å². The summed E-state index contributed by atoms with van der Waals surface area (Å²) in [6.07, 6.45) is 0.00684. The van der Waals surface area contributed by atoms with Gasteiger partial charge in [-0.1, -0.05) is 41.6 Å². The number of amides is 2. The predicted molar refractivity (Wildman–Crippen MR) is 110 cm³/mol. The van der Waals surface area contributed by atoms with Gasteiger partial charge in [-0.05, 0) is 42.8 Å². The molecule has 2 N–H and O–H groups in total. The van der Waals surface area contributed by atoms with Crippen LogP contribution in [0.1, 0.15) is 18.9 Å². The molecule has 2 aromatic carbocycles. The van der Waals surface area contributed by atoms with Crippen LogP contribution in [0.15, 0.2) is 58.7 Å². The average molecular weight is 419 g/mol. The molecular weight excluding hydrogens is 403 g/mol. The third kappa shape index (κ3) is 4.58. The number of benzene rings is 2. The average Bonchev–Trinajstić information content (AvgIpc) is 2.93. The van der Waals surface area contributed by atoms with Crippen LogP contribution in [0, 0.1) is 5.82 Å². The maximum Gasteiger partial charge on any atom is 0.247 e. The fraction of sp³-hybridized carbons (Fsp3) is 0.158. The molecule has 2 aromatic rings. The van der Waals surface area contributed by atoms with Crippen molar-refractivity contribution in [3.63, 3.8) is 0 Å². The molecule has 1 aliphatic heterocycles. The van der Waals surface area contributed by atoms with Crippen molar-refractivity contribution in [1.29, 1.82) is 0 Å². The van der Waals surface area contributed by atoms with Gasteiger partial charge in [0, 0.05) is 11.4 Å². The number of hydrogen-bond donors (Lipinski definition) is 1. The SMILES string of the molecule is C/C(=N\N=C(N)SC1CC(=O)N(c2cccc(Cl)c2)C1=O)c1ccc(F)cc1.